The summed E-state index contributed by atoms with van der Waals surface area (Å²) in [4.78, 5) is 3.88. The minimum atomic E-state index is -4.56. The third-order valence-electron chi connectivity index (χ3n) is 2.18. The zero-order valence-electron chi connectivity index (χ0n) is 8.86. The van der Waals surface area contributed by atoms with E-state index in [1.165, 1.54) is 12.3 Å². The monoisotopic (exact) mass is 242 g/mol. The van der Waals surface area contributed by atoms with Crippen LogP contribution >= 0.6 is 0 Å². The number of pyridine rings is 1. The van der Waals surface area contributed by atoms with E-state index < -0.39 is 17.6 Å². The van der Waals surface area contributed by atoms with Crippen molar-refractivity contribution in [3.63, 3.8) is 0 Å². The van der Waals surface area contributed by atoms with Gasteiger partial charge >= 0.3 is 6.18 Å². The third-order valence-corrected chi connectivity index (χ3v) is 2.18. The number of alkyl halides is 3. The zero-order chi connectivity index (χ0) is 12.6. The number of hydrogen-bond donors (Lipinski definition) is 1. The van der Waals surface area contributed by atoms with E-state index >= 15 is 0 Å². The lowest BCUT2D eigenvalue weighted by molar-refractivity contribution is -0.142. The molecule has 0 radical (unpaired) electrons. The summed E-state index contributed by atoms with van der Waals surface area (Å²) in [7, 11) is 0. The zero-order valence-corrected chi connectivity index (χ0v) is 8.86. The van der Waals surface area contributed by atoms with Gasteiger partial charge in [-0.2, -0.15) is 18.3 Å². The summed E-state index contributed by atoms with van der Waals surface area (Å²) in [5.41, 5.74) is 4.69. The third kappa shape index (κ3) is 2.08. The Hall–Kier alpha value is -2.05. The van der Waals surface area contributed by atoms with Crippen molar-refractivity contribution in [1.29, 1.82) is 0 Å². The first-order valence-corrected chi connectivity index (χ1v) is 4.73. The maximum atomic E-state index is 12.7. The van der Waals surface area contributed by atoms with E-state index in [9.17, 15) is 13.2 Å². The molecule has 0 aromatic carbocycles. The van der Waals surface area contributed by atoms with Crippen molar-refractivity contribution in [2.24, 2.45) is 0 Å². The van der Waals surface area contributed by atoms with Crippen LogP contribution in [-0.4, -0.2) is 14.8 Å². The second-order valence-electron chi connectivity index (χ2n) is 3.55. The molecule has 0 bridgehead atoms. The van der Waals surface area contributed by atoms with Gasteiger partial charge in [-0.25, -0.2) is 9.67 Å². The molecule has 0 spiro atoms. The topological polar surface area (TPSA) is 56.7 Å². The summed E-state index contributed by atoms with van der Waals surface area (Å²) >= 11 is 0. The van der Waals surface area contributed by atoms with Gasteiger partial charge in [0.1, 0.15) is 0 Å². The first kappa shape index (κ1) is 11.4. The number of anilines is 1. The Morgan fingerprint density at radius 2 is 1.94 bits per heavy atom. The molecule has 0 fully saturated rings. The minimum absolute atomic E-state index is 0.0830. The van der Waals surface area contributed by atoms with Crippen LogP contribution in [0.1, 0.15) is 11.3 Å². The lowest BCUT2D eigenvalue weighted by Crippen LogP contribution is -2.15. The Morgan fingerprint density at radius 3 is 2.47 bits per heavy atom. The van der Waals surface area contributed by atoms with Gasteiger partial charge < -0.3 is 5.73 Å². The molecule has 2 N–H and O–H groups in total. The van der Waals surface area contributed by atoms with E-state index in [-0.39, 0.29) is 5.82 Å². The number of rotatable bonds is 1. The normalized spacial score (nSPS) is 11.8. The van der Waals surface area contributed by atoms with Crippen LogP contribution in [0.5, 0.6) is 0 Å². The van der Waals surface area contributed by atoms with Crippen LogP contribution in [0.4, 0.5) is 18.9 Å². The summed E-state index contributed by atoms with van der Waals surface area (Å²) < 4.78 is 38.9. The summed E-state index contributed by atoms with van der Waals surface area (Å²) in [5.74, 6) is 0.0830. The number of hydrogen-bond acceptors (Lipinski definition) is 3. The maximum Gasteiger partial charge on any atom is 0.435 e. The molecule has 2 aromatic heterocycles. The fraction of sp³-hybridized carbons (Fsp3) is 0.200. The van der Waals surface area contributed by atoms with Gasteiger partial charge in [0.25, 0.3) is 0 Å². The number of aryl methyl sites for hydroxylation is 1. The fourth-order valence-corrected chi connectivity index (χ4v) is 1.40. The summed E-state index contributed by atoms with van der Waals surface area (Å²) in [6, 6.07) is 3.11. The van der Waals surface area contributed by atoms with Crippen molar-refractivity contribution >= 4 is 5.69 Å². The molecule has 0 aliphatic heterocycles. The molecule has 2 heterocycles. The van der Waals surface area contributed by atoms with Crippen molar-refractivity contribution in [1.82, 2.24) is 14.8 Å². The quantitative estimate of drug-likeness (QED) is 0.833. The SMILES string of the molecule is Cc1ccc(-n2ncc(N)c2C(F)(F)F)nc1. The molecule has 0 aliphatic rings. The highest BCUT2D eigenvalue weighted by Gasteiger charge is 2.38. The van der Waals surface area contributed by atoms with E-state index in [2.05, 4.69) is 10.1 Å². The second-order valence-corrected chi connectivity index (χ2v) is 3.55. The van der Waals surface area contributed by atoms with Crippen LogP contribution in [0.2, 0.25) is 0 Å². The van der Waals surface area contributed by atoms with Gasteiger partial charge in [-0.3, -0.25) is 0 Å². The Bertz CT molecular complexity index is 527. The predicted octanol–water partition coefficient (Wildman–Crippen LogP) is 2.18. The highest BCUT2D eigenvalue weighted by Crippen LogP contribution is 2.34. The van der Waals surface area contributed by atoms with Crippen molar-refractivity contribution in [3.05, 3.63) is 35.8 Å². The van der Waals surface area contributed by atoms with Crippen LogP contribution in [0.25, 0.3) is 5.82 Å². The molecular weight excluding hydrogens is 233 g/mol. The highest BCUT2D eigenvalue weighted by atomic mass is 19.4. The Kier molecular flexibility index (Phi) is 2.53. The average Bonchev–Trinajstić information content (AvgIpc) is 2.61. The van der Waals surface area contributed by atoms with Crippen molar-refractivity contribution in [2.45, 2.75) is 13.1 Å². The van der Waals surface area contributed by atoms with Crippen molar-refractivity contribution < 1.29 is 13.2 Å². The van der Waals surface area contributed by atoms with Gasteiger partial charge in [0.05, 0.1) is 11.9 Å². The van der Waals surface area contributed by atoms with Crippen molar-refractivity contribution in [3.8, 4) is 5.82 Å². The molecule has 2 rings (SSSR count). The first-order valence-electron chi connectivity index (χ1n) is 4.73. The largest absolute Gasteiger partial charge is 0.435 e. The van der Waals surface area contributed by atoms with Gasteiger partial charge in [-0.1, -0.05) is 6.07 Å². The van der Waals surface area contributed by atoms with Gasteiger partial charge in [-0.05, 0) is 18.6 Å². The number of nitrogens with zero attached hydrogens (tertiary/aromatic N) is 3. The van der Waals surface area contributed by atoms with Crippen molar-refractivity contribution in [2.75, 3.05) is 5.73 Å². The molecule has 2 aromatic rings. The summed E-state index contributed by atoms with van der Waals surface area (Å²) in [6.07, 6.45) is -2.13. The number of nitrogen functional groups attached to an aromatic ring is 1. The fourth-order valence-electron chi connectivity index (χ4n) is 1.40. The Morgan fingerprint density at radius 1 is 1.24 bits per heavy atom. The van der Waals surface area contributed by atoms with Gasteiger partial charge in [-0.15, -0.1) is 0 Å². The summed E-state index contributed by atoms with van der Waals surface area (Å²) in [5, 5.41) is 3.59. The van der Waals surface area contributed by atoms with E-state index in [0.29, 0.717) is 4.68 Å². The number of nitrogens with two attached hydrogens (primary N) is 1. The molecule has 4 nitrogen and oxygen atoms in total. The van der Waals surface area contributed by atoms with Crippen LogP contribution in [-0.2, 0) is 6.18 Å². The minimum Gasteiger partial charge on any atom is -0.396 e. The van der Waals surface area contributed by atoms with E-state index in [1.54, 1.807) is 13.0 Å². The smallest absolute Gasteiger partial charge is 0.396 e. The average molecular weight is 242 g/mol. The Balaban J connectivity index is 2.57. The Labute approximate surface area is 94.9 Å². The first-order chi connectivity index (χ1) is 7.89. The van der Waals surface area contributed by atoms with E-state index in [4.69, 9.17) is 5.73 Å². The number of aromatic nitrogens is 3. The number of halogens is 3. The molecule has 0 saturated carbocycles. The van der Waals surface area contributed by atoms with Gasteiger partial charge in [0.15, 0.2) is 11.5 Å². The predicted molar refractivity (Wildman–Crippen MR) is 55.5 cm³/mol. The highest BCUT2D eigenvalue weighted by molar-refractivity contribution is 5.46. The molecule has 0 atom stereocenters. The lowest BCUT2D eigenvalue weighted by Gasteiger charge is -2.10. The van der Waals surface area contributed by atoms with Gasteiger partial charge in [0, 0.05) is 6.20 Å². The van der Waals surface area contributed by atoms with Crippen LogP contribution < -0.4 is 5.73 Å². The van der Waals surface area contributed by atoms with E-state index in [0.717, 1.165) is 11.8 Å². The molecule has 0 unspecified atom stereocenters. The molecule has 17 heavy (non-hydrogen) atoms. The lowest BCUT2D eigenvalue weighted by atomic mass is 10.3. The summed E-state index contributed by atoms with van der Waals surface area (Å²) in [6.45, 7) is 1.79. The van der Waals surface area contributed by atoms with Crippen LogP contribution in [0, 0.1) is 6.92 Å². The molecular formula is C10H9F3N4. The molecule has 0 amide bonds. The van der Waals surface area contributed by atoms with Gasteiger partial charge in [0.2, 0.25) is 0 Å². The maximum absolute atomic E-state index is 12.7. The molecule has 0 saturated heterocycles. The van der Waals surface area contributed by atoms with Crippen LogP contribution in [0.15, 0.2) is 24.5 Å². The second kappa shape index (κ2) is 3.76. The molecule has 0 aliphatic carbocycles. The van der Waals surface area contributed by atoms with E-state index in [1.807, 2.05) is 0 Å². The molecule has 7 heteroatoms. The standard InChI is InChI=1S/C10H9F3N4/c1-6-2-3-8(15-4-6)17-9(10(11,12)13)7(14)5-16-17/h2-5H,14H2,1H3. The van der Waals surface area contributed by atoms with Crippen LogP contribution in [0.3, 0.4) is 0 Å². The molecule has 90 valence electrons.